The number of nitrogens with one attached hydrogen (secondary N) is 1. The minimum Gasteiger partial charge on any atom is -0.419 e. The number of oxazole rings is 1. The van der Waals surface area contributed by atoms with Gasteiger partial charge >= 0.3 is 0 Å². The summed E-state index contributed by atoms with van der Waals surface area (Å²) in [5.74, 6) is -3.45. The predicted molar refractivity (Wildman–Crippen MR) is 98.8 cm³/mol. The van der Waals surface area contributed by atoms with Gasteiger partial charge in [-0.05, 0) is 36.4 Å². The molecule has 0 atom stereocenters. The maximum atomic E-state index is 14.0. The number of nitrogens with zero attached hydrogens (tertiary/aromatic N) is 2. The molecule has 2 aromatic carbocycles. The third-order valence-corrected chi connectivity index (χ3v) is 4.50. The minimum atomic E-state index is -2.79. The normalized spacial score (nSPS) is 10.9. The molecule has 0 saturated heterocycles. The highest BCUT2D eigenvalue weighted by Gasteiger charge is 2.23. The SMILES string of the molecule is CN(c1ccc(Nc2oc(-c3c(F)cccc3F)nc2C(N)=O)cc1)[SH](=O)=O. The Bertz CT molecular complexity index is 1080. The molecule has 1 heterocycles. The highest BCUT2D eigenvalue weighted by atomic mass is 32.2. The van der Waals surface area contributed by atoms with Gasteiger partial charge in [0.15, 0.2) is 5.69 Å². The zero-order valence-corrected chi connectivity index (χ0v) is 15.2. The molecule has 0 aliphatic heterocycles. The molecular weight excluding hydrogens is 394 g/mol. The van der Waals surface area contributed by atoms with E-state index in [1.54, 1.807) is 0 Å². The molecule has 0 bridgehead atoms. The summed E-state index contributed by atoms with van der Waals surface area (Å²) in [5.41, 5.74) is 5.20. The van der Waals surface area contributed by atoms with Gasteiger partial charge in [-0.15, -0.1) is 0 Å². The maximum Gasteiger partial charge on any atom is 0.273 e. The molecule has 146 valence electrons. The van der Waals surface area contributed by atoms with Gasteiger partial charge in [0.2, 0.25) is 22.7 Å². The lowest BCUT2D eigenvalue weighted by Gasteiger charge is -2.11. The van der Waals surface area contributed by atoms with Crippen LogP contribution in [0.25, 0.3) is 11.5 Å². The molecule has 0 unspecified atom stereocenters. The molecule has 0 aliphatic rings. The standard InChI is InChI=1S/C17H14F2N4O4S/c1-23(28(25)26)10-7-5-9(6-8-10)21-17-14(15(20)24)22-16(27-17)13-11(18)3-2-4-12(13)19/h2-8,21,28H,1H3,(H2,20,24). The van der Waals surface area contributed by atoms with Gasteiger partial charge in [0.25, 0.3) is 5.91 Å². The molecule has 8 nitrogen and oxygen atoms in total. The van der Waals surface area contributed by atoms with E-state index in [0.717, 1.165) is 16.4 Å². The lowest BCUT2D eigenvalue weighted by molar-refractivity contribution is 0.0996. The van der Waals surface area contributed by atoms with Crippen LogP contribution in [0.5, 0.6) is 0 Å². The molecule has 0 saturated carbocycles. The average molecular weight is 408 g/mol. The zero-order chi connectivity index (χ0) is 20.4. The molecule has 3 rings (SSSR count). The summed E-state index contributed by atoms with van der Waals surface area (Å²) < 4.78 is 56.3. The van der Waals surface area contributed by atoms with Gasteiger partial charge in [-0.3, -0.25) is 9.10 Å². The first-order valence-electron chi connectivity index (χ1n) is 7.78. The number of benzene rings is 2. The van der Waals surface area contributed by atoms with Crippen molar-refractivity contribution in [1.29, 1.82) is 0 Å². The Labute approximate surface area is 159 Å². The number of rotatable bonds is 6. The molecule has 0 spiro atoms. The number of amides is 1. The highest BCUT2D eigenvalue weighted by molar-refractivity contribution is 7.74. The van der Waals surface area contributed by atoms with Gasteiger partial charge in [-0.25, -0.2) is 22.2 Å². The fraction of sp³-hybridized carbons (Fsp3) is 0.0588. The summed E-state index contributed by atoms with van der Waals surface area (Å²) in [6.07, 6.45) is 0. The van der Waals surface area contributed by atoms with Crippen LogP contribution in [0.15, 0.2) is 46.9 Å². The maximum absolute atomic E-state index is 14.0. The first kappa shape index (κ1) is 19.3. The molecule has 11 heteroatoms. The van der Waals surface area contributed by atoms with Crippen molar-refractivity contribution in [2.45, 2.75) is 0 Å². The molecule has 0 radical (unpaired) electrons. The van der Waals surface area contributed by atoms with E-state index in [0.29, 0.717) is 11.4 Å². The fourth-order valence-electron chi connectivity index (χ4n) is 2.37. The van der Waals surface area contributed by atoms with E-state index in [9.17, 15) is 22.0 Å². The minimum absolute atomic E-state index is 0.207. The van der Waals surface area contributed by atoms with Gasteiger partial charge in [-0.2, -0.15) is 0 Å². The summed E-state index contributed by atoms with van der Waals surface area (Å²) in [5, 5.41) is 2.73. The summed E-state index contributed by atoms with van der Waals surface area (Å²) in [6.45, 7) is 0. The number of thiol groups is 1. The summed E-state index contributed by atoms with van der Waals surface area (Å²) >= 11 is 0. The van der Waals surface area contributed by atoms with Crippen molar-refractivity contribution < 1.29 is 26.4 Å². The zero-order valence-electron chi connectivity index (χ0n) is 14.3. The van der Waals surface area contributed by atoms with E-state index in [-0.39, 0.29) is 11.6 Å². The Morgan fingerprint density at radius 2 is 1.75 bits per heavy atom. The number of hydrogen-bond donors (Lipinski definition) is 3. The predicted octanol–water partition coefficient (Wildman–Crippen LogP) is 2.42. The Hall–Kier alpha value is -3.47. The Morgan fingerprint density at radius 1 is 1.14 bits per heavy atom. The van der Waals surface area contributed by atoms with E-state index in [2.05, 4.69) is 10.3 Å². The Kier molecular flexibility index (Phi) is 5.27. The number of aromatic nitrogens is 1. The molecule has 3 aromatic rings. The van der Waals surface area contributed by atoms with Crippen LogP contribution >= 0.6 is 0 Å². The van der Waals surface area contributed by atoms with Crippen LogP contribution in [0, 0.1) is 11.6 Å². The van der Waals surface area contributed by atoms with E-state index in [4.69, 9.17) is 10.2 Å². The number of carbonyl (C=O) groups is 1. The van der Waals surface area contributed by atoms with Gasteiger partial charge in [0, 0.05) is 12.7 Å². The second-order valence-electron chi connectivity index (χ2n) is 5.59. The van der Waals surface area contributed by atoms with E-state index < -0.39 is 39.9 Å². The molecule has 0 fully saturated rings. The largest absolute Gasteiger partial charge is 0.419 e. The van der Waals surface area contributed by atoms with E-state index in [1.807, 2.05) is 0 Å². The van der Waals surface area contributed by atoms with Crippen molar-refractivity contribution >= 4 is 34.1 Å². The van der Waals surface area contributed by atoms with Crippen LogP contribution in [-0.4, -0.2) is 26.4 Å². The third-order valence-electron chi connectivity index (χ3n) is 3.78. The molecule has 3 N–H and O–H groups in total. The van der Waals surface area contributed by atoms with Gasteiger partial charge in [0.1, 0.15) is 17.2 Å². The highest BCUT2D eigenvalue weighted by Crippen LogP contribution is 2.31. The van der Waals surface area contributed by atoms with Gasteiger partial charge < -0.3 is 15.5 Å². The van der Waals surface area contributed by atoms with Crippen LogP contribution in [0.2, 0.25) is 0 Å². The van der Waals surface area contributed by atoms with Crippen molar-refractivity contribution in [3.05, 3.63) is 59.8 Å². The quantitative estimate of drug-likeness (QED) is 0.539. The van der Waals surface area contributed by atoms with Crippen molar-refractivity contribution in [3.8, 4) is 11.5 Å². The van der Waals surface area contributed by atoms with Crippen LogP contribution in [0.4, 0.5) is 26.0 Å². The first-order valence-corrected chi connectivity index (χ1v) is 8.91. The summed E-state index contributed by atoms with van der Waals surface area (Å²) in [6, 6.07) is 9.27. The number of carbonyl (C=O) groups excluding carboxylic acids is 1. The van der Waals surface area contributed by atoms with Crippen LogP contribution < -0.4 is 15.4 Å². The van der Waals surface area contributed by atoms with Crippen LogP contribution in [0.1, 0.15) is 10.5 Å². The summed E-state index contributed by atoms with van der Waals surface area (Å²) in [4.78, 5) is 15.4. The van der Waals surface area contributed by atoms with Crippen molar-refractivity contribution in [3.63, 3.8) is 0 Å². The van der Waals surface area contributed by atoms with Gasteiger partial charge in [0.05, 0.1) is 5.69 Å². The van der Waals surface area contributed by atoms with E-state index >= 15 is 0 Å². The van der Waals surface area contributed by atoms with Gasteiger partial charge in [-0.1, -0.05) is 6.07 Å². The van der Waals surface area contributed by atoms with Crippen molar-refractivity contribution in [1.82, 2.24) is 4.98 Å². The number of nitrogens with two attached hydrogens (primary N) is 1. The molecule has 1 amide bonds. The molecular formula is C17H14F2N4O4S. The Morgan fingerprint density at radius 3 is 2.29 bits per heavy atom. The van der Waals surface area contributed by atoms with E-state index in [1.165, 1.54) is 37.4 Å². The smallest absolute Gasteiger partial charge is 0.273 e. The fourth-order valence-corrected chi connectivity index (χ4v) is 2.69. The average Bonchev–Trinajstić information content (AvgIpc) is 3.05. The molecule has 1 aromatic heterocycles. The number of hydrogen-bond acceptors (Lipinski definition) is 6. The monoisotopic (exact) mass is 408 g/mol. The molecule has 28 heavy (non-hydrogen) atoms. The number of halogens is 2. The number of primary amides is 1. The molecule has 0 aliphatic carbocycles. The van der Waals surface area contributed by atoms with Crippen molar-refractivity contribution in [2.24, 2.45) is 5.73 Å². The van der Waals surface area contributed by atoms with Crippen LogP contribution in [0.3, 0.4) is 0 Å². The summed E-state index contributed by atoms with van der Waals surface area (Å²) in [7, 11) is -1.41. The number of anilines is 3. The second kappa shape index (κ2) is 7.64. The van der Waals surface area contributed by atoms with Crippen LogP contribution in [-0.2, 0) is 10.9 Å². The van der Waals surface area contributed by atoms with Crippen molar-refractivity contribution in [2.75, 3.05) is 16.7 Å². The Balaban J connectivity index is 1.96. The lowest BCUT2D eigenvalue weighted by atomic mass is 10.2. The lowest BCUT2D eigenvalue weighted by Crippen LogP contribution is -2.14. The third kappa shape index (κ3) is 3.78. The second-order valence-corrected chi connectivity index (χ2v) is 6.67. The topological polar surface area (TPSA) is 119 Å². The first-order chi connectivity index (χ1) is 13.3.